The van der Waals surface area contributed by atoms with Crippen LogP contribution >= 0.6 is 11.3 Å². The predicted molar refractivity (Wildman–Crippen MR) is 126 cm³/mol. The van der Waals surface area contributed by atoms with Crippen molar-refractivity contribution in [3.05, 3.63) is 52.0 Å². The normalized spacial score (nSPS) is 15.1. The number of nitrogens with zero attached hydrogens (tertiary/aromatic N) is 2. The van der Waals surface area contributed by atoms with Gasteiger partial charge in [-0.05, 0) is 60.5 Å². The summed E-state index contributed by atoms with van der Waals surface area (Å²) in [4.78, 5) is 30.6. The number of methoxy groups -OCH3 is 1. The molecule has 1 aliphatic heterocycles. The van der Waals surface area contributed by atoms with Crippen molar-refractivity contribution in [2.75, 3.05) is 46.5 Å². The Labute approximate surface area is 198 Å². The summed E-state index contributed by atoms with van der Waals surface area (Å²) in [6, 6.07) is 7.38. The average Bonchev–Trinajstić information content (AvgIpc) is 3.30. The topological polar surface area (TPSA) is 71.1 Å². The van der Waals surface area contributed by atoms with E-state index in [1.807, 2.05) is 18.4 Å². The maximum Gasteiger partial charge on any atom is 0.317 e. The monoisotopic (exact) mass is 477 g/mol. The van der Waals surface area contributed by atoms with Crippen LogP contribution in [-0.4, -0.2) is 68.2 Å². The summed E-state index contributed by atoms with van der Waals surface area (Å²) in [6.45, 7) is 4.30. The Morgan fingerprint density at radius 1 is 1.27 bits per heavy atom. The van der Waals surface area contributed by atoms with Crippen LogP contribution in [0.4, 0.5) is 9.18 Å². The number of ether oxygens (including phenoxy) is 2. The fraction of sp³-hybridized carbons (Fsp3) is 0.500. The van der Waals surface area contributed by atoms with Crippen LogP contribution in [0.3, 0.4) is 0 Å². The van der Waals surface area contributed by atoms with Gasteiger partial charge in [0.1, 0.15) is 24.7 Å². The first-order chi connectivity index (χ1) is 16.0. The maximum atomic E-state index is 13.4. The molecule has 2 heterocycles. The second-order valence-electron chi connectivity index (χ2n) is 7.92. The number of halogens is 1. The molecular weight excluding hydrogens is 445 g/mol. The lowest BCUT2D eigenvalue weighted by Crippen LogP contribution is -2.50. The third kappa shape index (κ3) is 6.91. The lowest BCUT2D eigenvalue weighted by molar-refractivity contribution is -0.135. The number of amides is 3. The number of thiophene rings is 1. The van der Waals surface area contributed by atoms with Crippen LogP contribution in [0, 0.1) is 5.82 Å². The number of hydrogen-bond donors (Lipinski definition) is 1. The van der Waals surface area contributed by atoms with Gasteiger partial charge < -0.3 is 24.6 Å². The Morgan fingerprint density at radius 2 is 2.06 bits per heavy atom. The third-order valence-corrected chi connectivity index (χ3v) is 6.55. The lowest BCUT2D eigenvalue weighted by atomic mass is 10.0. The Hall–Kier alpha value is -2.65. The van der Waals surface area contributed by atoms with E-state index in [0.29, 0.717) is 38.4 Å². The molecule has 3 amide bonds. The minimum Gasteiger partial charge on any atom is -0.491 e. The van der Waals surface area contributed by atoms with Gasteiger partial charge in [0.15, 0.2) is 0 Å². The first-order valence-electron chi connectivity index (χ1n) is 11.3. The number of fused-ring (bicyclic) bond motifs is 1. The maximum absolute atomic E-state index is 13.4. The van der Waals surface area contributed by atoms with Crippen LogP contribution < -0.4 is 10.1 Å². The van der Waals surface area contributed by atoms with Crippen LogP contribution in [0.2, 0.25) is 0 Å². The standard InChI is InChI=1S/C24H32FN3O4S/c1-3-11-26-24(30)27(12-4-14-31-2)16-23(29)28-13-9-22-20(10-15-33-22)21(28)17-32-19-7-5-18(25)6-8-19/h5-8,10,15,21H,3-4,9,11-14,16-17H2,1-2H3,(H,26,30)/t21-/m1/s1. The highest BCUT2D eigenvalue weighted by atomic mass is 32.1. The quantitative estimate of drug-likeness (QED) is 0.499. The van der Waals surface area contributed by atoms with Gasteiger partial charge in [0.05, 0.1) is 6.04 Å². The Kier molecular flexibility index (Phi) is 9.50. The van der Waals surface area contributed by atoms with Gasteiger partial charge in [0.25, 0.3) is 0 Å². The highest BCUT2D eigenvalue weighted by molar-refractivity contribution is 7.10. The van der Waals surface area contributed by atoms with Crippen molar-refractivity contribution in [3.63, 3.8) is 0 Å². The molecule has 7 nitrogen and oxygen atoms in total. The molecule has 0 fully saturated rings. The molecule has 9 heteroatoms. The molecule has 0 radical (unpaired) electrons. The molecule has 180 valence electrons. The number of benzene rings is 1. The van der Waals surface area contributed by atoms with Crippen molar-refractivity contribution in [2.24, 2.45) is 0 Å². The molecule has 0 spiro atoms. The van der Waals surface area contributed by atoms with E-state index >= 15 is 0 Å². The average molecular weight is 478 g/mol. The molecule has 1 aliphatic rings. The first-order valence-corrected chi connectivity index (χ1v) is 12.2. The van der Waals surface area contributed by atoms with E-state index in [2.05, 4.69) is 5.32 Å². The molecule has 1 aromatic carbocycles. The number of urea groups is 1. The summed E-state index contributed by atoms with van der Waals surface area (Å²) >= 11 is 1.68. The highest BCUT2D eigenvalue weighted by Crippen LogP contribution is 2.34. The fourth-order valence-corrected chi connectivity index (χ4v) is 4.76. The smallest absolute Gasteiger partial charge is 0.317 e. The van der Waals surface area contributed by atoms with Crippen molar-refractivity contribution >= 4 is 23.3 Å². The molecule has 1 aromatic heterocycles. The Bertz CT molecular complexity index is 905. The van der Waals surface area contributed by atoms with Crippen molar-refractivity contribution in [1.82, 2.24) is 15.1 Å². The third-order valence-electron chi connectivity index (χ3n) is 5.55. The molecule has 33 heavy (non-hydrogen) atoms. The SMILES string of the molecule is CCCNC(=O)N(CCCOC)CC(=O)N1CCc2sccc2[C@H]1COc1ccc(F)cc1. The summed E-state index contributed by atoms with van der Waals surface area (Å²) < 4.78 is 24.3. The van der Waals surface area contributed by atoms with Crippen LogP contribution in [-0.2, 0) is 16.0 Å². The zero-order chi connectivity index (χ0) is 23.6. The van der Waals surface area contributed by atoms with E-state index in [1.54, 1.807) is 40.4 Å². The van der Waals surface area contributed by atoms with Crippen molar-refractivity contribution in [2.45, 2.75) is 32.2 Å². The van der Waals surface area contributed by atoms with Gasteiger partial charge in [0, 0.05) is 38.2 Å². The van der Waals surface area contributed by atoms with Crippen molar-refractivity contribution in [1.29, 1.82) is 0 Å². The predicted octanol–water partition coefficient (Wildman–Crippen LogP) is 3.85. The second-order valence-corrected chi connectivity index (χ2v) is 8.92. The summed E-state index contributed by atoms with van der Waals surface area (Å²) in [5.41, 5.74) is 1.07. The van der Waals surface area contributed by atoms with E-state index in [9.17, 15) is 14.0 Å². The summed E-state index contributed by atoms with van der Waals surface area (Å²) in [5.74, 6) is 0.0989. The molecule has 0 aliphatic carbocycles. The molecule has 0 unspecified atom stereocenters. The summed E-state index contributed by atoms with van der Waals surface area (Å²) in [6.07, 6.45) is 2.24. The first kappa shape index (κ1) is 25.0. The fourth-order valence-electron chi connectivity index (χ4n) is 3.83. The molecule has 1 N–H and O–H groups in total. The zero-order valence-corrected chi connectivity index (χ0v) is 20.0. The Morgan fingerprint density at radius 3 is 2.79 bits per heavy atom. The minimum atomic E-state index is -0.327. The van der Waals surface area contributed by atoms with E-state index in [-0.39, 0.29) is 36.9 Å². The van der Waals surface area contributed by atoms with E-state index in [1.165, 1.54) is 17.0 Å². The van der Waals surface area contributed by atoms with Gasteiger partial charge >= 0.3 is 6.03 Å². The lowest BCUT2D eigenvalue weighted by Gasteiger charge is -2.37. The van der Waals surface area contributed by atoms with Gasteiger partial charge in [-0.1, -0.05) is 6.92 Å². The number of nitrogens with one attached hydrogen (secondary N) is 1. The Balaban J connectivity index is 1.71. The summed E-state index contributed by atoms with van der Waals surface area (Å²) in [7, 11) is 1.62. The van der Waals surface area contributed by atoms with Crippen LogP contribution in [0.15, 0.2) is 35.7 Å². The number of hydrogen-bond acceptors (Lipinski definition) is 5. The van der Waals surface area contributed by atoms with Crippen LogP contribution in [0.25, 0.3) is 0 Å². The number of carbonyl (C=O) groups excluding carboxylic acids is 2. The second kappa shape index (κ2) is 12.6. The van der Waals surface area contributed by atoms with Gasteiger partial charge in [-0.2, -0.15) is 0 Å². The number of rotatable bonds is 11. The van der Waals surface area contributed by atoms with Crippen LogP contribution in [0.5, 0.6) is 5.75 Å². The van der Waals surface area contributed by atoms with Gasteiger partial charge in [0.2, 0.25) is 5.91 Å². The molecular formula is C24H32FN3O4S. The molecule has 0 saturated carbocycles. The highest BCUT2D eigenvalue weighted by Gasteiger charge is 2.33. The molecule has 3 rings (SSSR count). The van der Waals surface area contributed by atoms with E-state index < -0.39 is 0 Å². The number of carbonyl (C=O) groups is 2. The molecule has 2 aromatic rings. The molecule has 0 bridgehead atoms. The van der Waals surface area contributed by atoms with E-state index in [4.69, 9.17) is 9.47 Å². The van der Waals surface area contributed by atoms with Gasteiger partial charge in [-0.25, -0.2) is 9.18 Å². The van der Waals surface area contributed by atoms with Gasteiger partial charge in [-0.3, -0.25) is 4.79 Å². The minimum absolute atomic E-state index is 0.00815. The zero-order valence-electron chi connectivity index (χ0n) is 19.2. The van der Waals surface area contributed by atoms with Gasteiger partial charge in [-0.15, -0.1) is 11.3 Å². The summed E-state index contributed by atoms with van der Waals surface area (Å²) in [5, 5.41) is 4.89. The van der Waals surface area contributed by atoms with Crippen molar-refractivity contribution in [3.8, 4) is 5.75 Å². The molecule has 0 saturated heterocycles. The molecule has 1 atom stereocenters. The largest absolute Gasteiger partial charge is 0.491 e. The van der Waals surface area contributed by atoms with E-state index in [0.717, 1.165) is 18.4 Å². The van der Waals surface area contributed by atoms with Crippen LogP contribution in [0.1, 0.15) is 36.2 Å². The van der Waals surface area contributed by atoms with Crippen molar-refractivity contribution < 1.29 is 23.5 Å².